The molecule has 0 saturated carbocycles. The SMILES string of the molecule is Cc1cc(C)cc(OCC(=O)NCCOc2ccc3nnc(-c4cccc(F)c4)n3n2)c1. The molecule has 2 aromatic heterocycles. The molecule has 2 heterocycles. The van der Waals surface area contributed by atoms with Crippen molar-refractivity contribution >= 4 is 11.6 Å². The first-order valence-electron chi connectivity index (χ1n) is 10.1. The summed E-state index contributed by atoms with van der Waals surface area (Å²) in [5.74, 6) is 0.777. The molecule has 0 aliphatic heterocycles. The highest BCUT2D eigenvalue weighted by Gasteiger charge is 2.11. The van der Waals surface area contributed by atoms with Gasteiger partial charge in [-0.05, 0) is 55.3 Å². The first-order chi connectivity index (χ1) is 15.5. The maximum Gasteiger partial charge on any atom is 0.258 e. The third-order valence-electron chi connectivity index (χ3n) is 4.56. The van der Waals surface area contributed by atoms with Crippen LogP contribution in [-0.4, -0.2) is 45.5 Å². The van der Waals surface area contributed by atoms with Crippen LogP contribution in [0.25, 0.3) is 17.0 Å². The van der Waals surface area contributed by atoms with Gasteiger partial charge in [0.1, 0.15) is 18.2 Å². The van der Waals surface area contributed by atoms with Gasteiger partial charge in [0.05, 0.1) is 6.54 Å². The van der Waals surface area contributed by atoms with Crippen LogP contribution in [0.5, 0.6) is 11.6 Å². The second-order valence-corrected chi connectivity index (χ2v) is 7.29. The molecular weight excluding hydrogens is 413 g/mol. The predicted molar refractivity (Wildman–Crippen MR) is 116 cm³/mol. The van der Waals surface area contributed by atoms with E-state index in [1.165, 1.54) is 16.6 Å². The average Bonchev–Trinajstić information content (AvgIpc) is 3.18. The van der Waals surface area contributed by atoms with Crippen molar-refractivity contribution in [3.63, 3.8) is 0 Å². The zero-order chi connectivity index (χ0) is 22.5. The van der Waals surface area contributed by atoms with Gasteiger partial charge in [-0.2, -0.15) is 4.52 Å². The molecule has 32 heavy (non-hydrogen) atoms. The van der Waals surface area contributed by atoms with Crippen molar-refractivity contribution in [3.8, 4) is 23.0 Å². The molecule has 4 aromatic rings. The van der Waals surface area contributed by atoms with Crippen LogP contribution in [0.3, 0.4) is 0 Å². The van der Waals surface area contributed by atoms with Crippen LogP contribution in [0.4, 0.5) is 4.39 Å². The summed E-state index contributed by atoms with van der Waals surface area (Å²) in [5.41, 5.74) is 3.21. The summed E-state index contributed by atoms with van der Waals surface area (Å²) >= 11 is 0. The number of carbonyl (C=O) groups excluding carboxylic acids is 1. The number of halogens is 1. The van der Waals surface area contributed by atoms with Crippen molar-refractivity contribution in [1.82, 2.24) is 25.1 Å². The van der Waals surface area contributed by atoms with E-state index < -0.39 is 0 Å². The fourth-order valence-corrected chi connectivity index (χ4v) is 3.22. The Bertz CT molecular complexity index is 1240. The zero-order valence-electron chi connectivity index (χ0n) is 17.7. The number of hydrogen-bond acceptors (Lipinski definition) is 6. The Morgan fingerprint density at radius 3 is 2.62 bits per heavy atom. The second-order valence-electron chi connectivity index (χ2n) is 7.29. The topological polar surface area (TPSA) is 90.6 Å². The monoisotopic (exact) mass is 435 g/mol. The number of ether oxygens (including phenoxy) is 2. The molecule has 0 aliphatic carbocycles. The molecule has 8 nitrogen and oxygen atoms in total. The Kier molecular flexibility index (Phi) is 6.25. The van der Waals surface area contributed by atoms with Crippen molar-refractivity contribution in [1.29, 1.82) is 0 Å². The number of nitrogens with zero attached hydrogens (tertiary/aromatic N) is 4. The number of aryl methyl sites for hydroxylation is 2. The quantitative estimate of drug-likeness (QED) is 0.428. The first-order valence-corrected chi connectivity index (χ1v) is 10.1. The number of rotatable bonds is 8. The summed E-state index contributed by atoms with van der Waals surface area (Å²) in [5, 5.41) is 15.2. The largest absolute Gasteiger partial charge is 0.484 e. The Balaban J connectivity index is 1.30. The molecule has 0 fully saturated rings. The minimum Gasteiger partial charge on any atom is -0.484 e. The van der Waals surface area contributed by atoms with E-state index in [0.29, 0.717) is 28.7 Å². The lowest BCUT2D eigenvalue weighted by atomic mass is 10.1. The molecule has 0 atom stereocenters. The molecule has 9 heteroatoms. The Hall–Kier alpha value is -4.01. The third kappa shape index (κ3) is 5.18. The molecule has 0 radical (unpaired) electrons. The molecule has 0 saturated heterocycles. The molecule has 0 unspecified atom stereocenters. The Morgan fingerprint density at radius 2 is 1.84 bits per heavy atom. The van der Waals surface area contributed by atoms with Crippen molar-refractivity contribution in [2.24, 2.45) is 0 Å². The number of aromatic nitrogens is 4. The van der Waals surface area contributed by atoms with Gasteiger partial charge >= 0.3 is 0 Å². The number of nitrogens with one attached hydrogen (secondary N) is 1. The van der Waals surface area contributed by atoms with Gasteiger partial charge in [0, 0.05) is 11.6 Å². The summed E-state index contributed by atoms with van der Waals surface area (Å²) < 4.78 is 26.2. The van der Waals surface area contributed by atoms with E-state index in [-0.39, 0.29) is 31.5 Å². The van der Waals surface area contributed by atoms with Crippen molar-refractivity contribution in [3.05, 3.63) is 71.5 Å². The first kappa shape index (κ1) is 21.2. The fraction of sp³-hybridized carbons (Fsp3) is 0.217. The maximum atomic E-state index is 13.5. The third-order valence-corrected chi connectivity index (χ3v) is 4.56. The Labute approximate surface area is 184 Å². The summed E-state index contributed by atoms with van der Waals surface area (Å²) in [6.45, 7) is 4.37. The van der Waals surface area contributed by atoms with Crippen LogP contribution in [0, 0.1) is 19.7 Å². The van der Waals surface area contributed by atoms with Gasteiger partial charge in [0.25, 0.3) is 5.91 Å². The van der Waals surface area contributed by atoms with Crippen LogP contribution < -0.4 is 14.8 Å². The number of fused-ring (bicyclic) bond motifs is 1. The van der Waals surface area contributed by atoms with E-state index in [2.05, 4.69) is 20.6 Å². The van der Waals surface area contributed by atoms with E-state index >= 15 is 0 Å². The molecule has 1 N–H and O–H groups in total. The summed E-state index contributed by atoms with van der Waals surface area (Å²) in [7, 11) is 0. The summed E-state index contributed by atoms with van der Waals surface area (Å²) in [4.78, 5) is 12.0. The minimum absolute atomic E-state index is 0.0786. The van der Waals surface area contributed by atoms with Crippen LogP contribution in [0.1, 0.15) is 11.1 Å². The van der Waals surface area contributed by atoms with Gasteiger partial charge in [-0.25, -0.2) is 4.39 Å². The predicted octanol–water partition coefficient (Wildman–Crippen LogP) is 3.12. The number of hydrogen-bond donors (Lipinski definition) is 1. The highest BCUT2D eigenvalue weighted by atomic mass is 19.1. The number of amides is 1. The molecule has 0 spiro atoms. The van der Waals surface area contributed by atoms with Crippen molar-refractivity contribution in [2.75, 3.05) is 19.8 Å². The lowest BCUT2D eigenvalue weighted by molar-refractivity contribution is -0.123. The highest BCUT2D eigenvalue weighted by Crippen LogP contribution is 2.20. The van der Waals surface area contributed by atoms with Gasteiger partial charge in [-0.15, -0.1) is 15.3 Å². The van der Waals surface area contributed by atoms with E-state index in [9.17, 15) is 9.18 Å². The second kappa shape index (κ2) is 9.42. The van der Waals surface area contributed by atoms with Crippen LogP contribution in [0.15, 0.2) is 54.6 Å². The Morgan fingerprint density at radius 1 is 1.03 bits per heavy atom. The minimum atomic E-state index is -0.371. The van der Waals surface area contributed by atoms with Crippen molar-refractivity contribution < 1.29 is 18.7 Å². The smallest absolute Gasteiger partial charge is 0.258 e. The average molecular weight is 435 g/mol. The molecule has 4 rings (SSSR count). The van der Waals surface area contributed by atoms with E-state index in [0.717, 1.165) is 11.1 Å². The van der Waals surface area contributed by atoms with Crippen LogP contribution >= 0.6 is 0 Å². The van der Waals surface area contributed by atoms with Crippen LogP contribution in [-0.2, 0) is 4.79 Å². The fourth-order valence-electron chi connectivity index (χ4n) is 3.22. The summed E-state index contributed by atoms with van der Waals surface area (Å²) in [6.07, 6.45) is 0. The maximum absolute atomic E-state index is 13.5. The normalized spacial score (nSPS) is 10.8. The lowest BCUT2D eigenvalue weighted by Crippen LogP contribution is -2.32. The van der Waals surface area contributed by atoms with E-state index in [1.54, 1.807) is 24.3 Å². The molecule has 0 bridgehead atoms. The highest BCUT2D eigenvalue weighted by molar-refractivity contribution is 5.77. The van der Waals surface area contributed by atoms with E-state index in [4.69, 9.17) is 9.47 Å². The standard InChI is InChI=1S/C23H22FN5O3/c1-15-10-16(2)12-19(11-15)32-14-21(30)25-8-9-31-22-7-6-20-26-27-23(29(20)28-22)17-4-3-5-18(24)13-17/h3-7,10-13H,8-9,14H2,1-2H3,(H,25,30). The van der Waals surface area contributed by atoms with Gasteiger partial charge < -0.3 is 14.8 Å². The molecular formula is C23H22FN5O3. The van der Waals surface area contributed by atoms with Gasteiger partial charge in [-0.1, -0.05) is 18.2 Å². The molecule has 0 aliphatic rings. The molecule has 164 valence electrons. The summed E-state index contributed by atoms with van der Waals surface area (Å²) in [6, 6.07) is 15.2. The van der Waals surface area contributed by atoms with Gasteiger partial charge in [-0.3, -0.25) is 4.79 Å². The molecule has 2 aromatic carbocycles. The van der Waals surface area contributed by atoms with Gasteiger partial charge in [0.2, 0.25) is 5.88 Å². The lowest BCUT2D eigenvalue weighted by Gasteiger charge is -2.10. The van der Waals surface area contributed by atoms with Crippen molar-refractivity contribution in [2.45, 2.75) is 13.8 Å². The number of benzene rings is 2. The number of carbonyl (C=O) groups is 1. The van der Waals surface area contributed by atoms with Crippen LogP contribution in [0.2, 0.25) is 0 Å². The molecule has 1 amide bonds. The van der Waals surface area contributed by atoms with Gasteiger partial charge in [0.15, 0.2) is 18.1 Å². The van der Waals surface area contributed by atoms with E-state index in [1.807, 2.05) is 32.0 Å². The zero-order valence-corrected chi connectivity index (χ0v) is 17.7.